The molecule has 0 N–H and O–H groups in total. The number of carbonyl (C=O) groups is 2. The first kappa shape index (κ1) is 31.9. The van der Waals surface area contributed by atoms with Gasteiger partial charge in [-0.05, 0) is 38.1 Å². The Labute approximate surface area is 250 Å². The van der Waals surface area contributed by atoms with Crippen LogP contribution in [0.3, 0.4) is 0 Å². The molecule has 0 aliphatic carbocycles. The van der Waals surface area contributed by atoms with Gasteiger partial charge >= 0.3 is 20.1 Å². The number of fused-ring (bicyclic) bond motifs is 2. The summed E-state index contributed by atoms with van der Waals surface area (Å²) in [5.74, 6) is -2.66. The molecule has 0 atom stereocenters. The number of aromatic nitrogens is 6. The molecular weight excluding hydrogens is 733 g/mol. The quantitative estimate of drug-likeness (QED) is 0.133. The second-order valence-corrected chi connectivity index (χ2v) is 8.54. The summed E-state index contributed by atoms with van der Waals surface area (Å²) in [7, 11) is 0. The Morgan fingerprint density at radius 3 is 1.17 bits per heavy atom. The van der Waals surface area contributed by atoms with Crippen molar-refractivity contribution in [3.8, 4) is 11.4 Å². The zero-order valence-electron chi connectivity index (χ0n) is 22.0. The summed E-state index contributed by atoms with van der Waals surface area (Å²) >= 11 is 0. The molecule has 0 aliphatic heterocycles. The Kier molecular flexibility index (Phi) is 10.9. The molecule has 0 fully saturated rings. The van der Waals surface area contributed by atoms with E-state index in [1.165, 1.54) is 13.8 Å². The average molecular weight is 753 g/mol. The molecule has 0 radical (unpaired) electrons. The third kappa shape index (κ3) is 8.21. The van der Waals surface area contributed by atoms with E-state index in [1.807, 2.05) is 0 Å². The van der Waals surface area contributed by atoms with Gasteiger partial charge in [-0.3, -0.25) is 18.4 Å². The summed E-state index contributed by atoms with van der Waals surface area (Å²) in [4.78, 5) is 22.2. The Balaban J connectivity index is 0.000000186. The van der Waals surface area contributed by atoms with Crippen LogP contribution in [-0.2, 0) is 29.7 Å². The van der Waals surface area contributed by atoms with Crippen LogP contribution in [0.25, 0.3) is 33.4 Å². The number of ketones is 2. The zero-order valence-corrected chi connectivity index (χ0v) is 24.4. The summed E-state index contributed by atoms with van der Waals surface area (Å²) in [5, 5.41) is 16.2. The number of nitrogens with zero attached hydrogens (tertiary/aromatic N) is 6. The topological polar surface area (TPSA) is 95.6 Å². The van der Waals surface area contributed by atoms with Gasteiger partial charge in [0.15, 0.2) is 0 Å². The van der Waals surface area contributed by atoms with Crippen LogP contribution < -0.4 is 0 Å². The number of hydrogen-bond donors (Lipinski definition) is 0. The maximum absolute atomic E-state index is 13.5. The Morgan fingerprint density at radius 1 is 0.595 bits per heavy atom. The van der Waals surface area contributed by atoms with Crippen molar-refractivity contribution in [1.82, 2.24) is 30.0 Å². The second kappa shape index (κ2) is 14.3. The summed E-state index contributed by atoms with van der Waals surface area (Å²) in [6.45, 7) is 2.81. The minimum absolute atomic E-state index is 0. The first-order chi connectivity index (χ1) is 19.6. The second-order valence-electron chi connectivity index (χ2n) is 8.54. The molecule has 42 heavy (non-hydrogen) atoms. The predicted molar refractivity (Wildman–Crippen MR) is 141 cm³/mol. The van der Waals surface area contributed by atoms with Crippen LogP contribution >= 0.6 is 0 Å². The first-order valence-electron chi connectivity index (χ1n) is 12.0. The molecule has 8 nitrogen and oxygen atoms in total. The molecule has 0 saturated heterocycles. The molecule has 13 heteroatoms. The standard InChI is InChI=1S/2C12H6F2N3.C5H8O2.Ir/c2*13-8-5-6-9(14)12(7-8)17-15-10-3-1-2-4-11(10)16-17;1-4(6)3-5(2)7;/h2*1-6H;3H2,1-2H3;/q2*-1;;+3. The number of rotatable bonds is 4. The van der Waals surface area contributed by atoms with E-state index < -0.39 is 23.3 Å². The van der Waals surface area contributed by atoms with Crippen LogP contribution in [0, 0.1) is 35.4 Å². The fourth-order valence-electron chi connectivity index (χ4n) is 3.44. The van der Waals surface area contributed by atoms with Crippen molar-refractivity contribution in [2.24, 2.45) is 0 Å². The van der Waals surface area contributed by atoms with Gasteiger partial charge in [0.1, 0.15) is 33.6 Å². The van der Waals surface area contributed by atoms with Crippen LogP contribution in [0.5, 0.6) is 0 Å². The summed E-state index contributed by atoms with van der Waals surface area (Å²) in [6.07, 6.45) is 0.0833. The van der Waals surface area contributed by atoms with E-state index >= 15 is 0 Å². The normalized spacial score (nSPS) is 10.2. The van der Waals surface area contributed by atoms with Crippen LogP contribution in [0.2, 0.25) is 0 Å². The third-order valence-corrected chi connectivity index (χ3v) is 5.15. The summed E-state index contributed by atoms with van der Waals surface area (Å²) in [5.41, 5.74) is 2.21. The van der Waals surface area contributed by atoms with E-state index in [4.69, 9.17) is 0 Å². The molecule has 2 heterocycles. The molecule has 0 aliphatic rings. The van der Waals surface area contributed by atoms with Crippen molar-refractivity contribution < 1.29 is 47.3 Å². The van der Waals surface area contributed by atoms with Gasteiger partial charge in [-0.15, -0.1) is 36.4 Å². The van der Waals surface area contributed by atoms with Gasteiger partial charge in [0.25, 0.3) is 0 Å². The van der Waals surface area contributed by atoms with Crippen LogP contribution in [0.15, 0.2) is 72.8 Å². The fraction of sp³-hybridized carbons (Fsp3) is 0.103. The maximum Gasteiger partial charge on any atom is 3.00 e. The van der Waals surface area contributed by atoms with E-state index in [2.05, 4.69) is 32.5 Å². The van der Waals surface area contributed by atoms with Crippen molar-refractivity contribution >= 4 is 33.6 Å². The molecule has 214 valence electrons. The van der Waals surface area contributed by atoms with Crippen LogP contribution in [-0.4, -0.2) is 41.6 Å². The molecule has 6 aromatic rings. The monoisotopic (exact) mass is 753 g/mol. The summed E-state index contributed by atoms with van der Waals surface area (Å²) in [6, 6.07) is 22.7. The van der Waals surface area contributed by atoms with Gasteiger partial charge in [0.2, 0.25) is 0 Å². The molecule has 2 aromatic heterocycles. The van der Waals surface area contributed by atoms with Gasteiger partial charge < -0.3 is 0 Å². The van der Waals surface area contributed by atoms with Gasteiger partial charge in [-0.25, -0.2) is 8.78 Å². The van der Waals surface area contributed by atoms with Gasteiger partial charge in [0, 0.05) is 34.6 Å². The number of carbonyl (C=O) groups excluding carboxylic acids is 2. The van der Waals surface area contributed by atoms with E-state index in [0.29, 0.717) is 22.1 Å². The Bertz CT molecular complexity index is 1660. The fourth-order valence-corrected chi connectivity index (χ4v) is 3.44. The SMILES string of the molecule is CC(=O)CC(C)=O.Fc1[c-]c(-n2nc3ccccc3n2)c(F)cc1.Fc1[c-]c(-n2nc3ccccc3n2)c(F)cc1.[Ir+3]. The van der Waals surface area contributed by atoms with Gasteiger partial charge in [-0.1, -0.05) is 24.3 Å². The molecule has 0 spiro atoms. The van der Waals surface area contributed by atoms with Crippen molar-refractivity contribution in [3.63, 3.8) is 0 Å². The third-order valence-electron chi connectivity index (χ3n) is 5.15. The number of hydrogen-bond acceptors (Lipinski definition) is 6. The predicted octanol–water partition coefficient (Wildman–Crippen LogP) is 5.55. The van der Waals surface area contributed by atoms with E-state index in [-0.39, 0.29) is 49.5 Å². The van der Waals surface area contributed by atoms with E-state index in [9.17, 15) is 27.2 Å². The van der Waals surface area contributed by atoms with Crippen LogP contribution in [0.1, 0.15) is 20.3 Å². The van der Waals surface area contributed by atoms with E-state index in [1.54, 1.807) is 48.5 Å². The minimum atomic E-state index is -0.650. The first-order valence-corrected chi connectivity index (χ1v) is 12.0. The molecule has 6 rings (SSSR count). The average Bonchev–Trinajstić information content (AvgIpc) is 3.56. The van der Waals surface area contributed by atoms with E-state index in [0.717, 1.165) is 33.9 Å². The molecule has 4 aromatic carbocycles. The number of Topliss-reactive ketones (excluding diaryl/α,β-unsaturated/α-hetero) is 2. The van der Waals surface area contributed by atoms with Crippen LogP contribution in [0.4, 0.5) is 17.6 Å². The van der Waals surface area contributed by atoms with Gasteiger partial charge in [-0.2, -0.15) is 30.0 Å². The van der Waals surface area contributed by atoms with Crippen molar-refractivity contribution in [3.05, 3.63) is 108 Å². The van der Waals surface area contributed by atoms with Crippen molar-refractivity contribution in [2.45, 2.75) is 20.3 Å². The maximum atomic E-state index is 13.5. The molecule has 0 saturated carbocycles. The number of benzene rings is 4. The Morgan fingerprint density at radius 2 is 0.905 bits per heavy atom. The zero-order chi connectivity index (χ0) is 29.5. The molecule has 0 unspecified atom stereocenters. The number of halogens is 4. The summed E-state index contributed by atoms with van der Waals surface area (Å²) < 4.78 is 53.0. The molecular formula is C29H20F4IrN6O2+. The van der Waals surface area contributed by atoms with Crippen molar-refractivity contribution in [2.75, 3.05) is 0 Å². The molecule has 0 amide bonds. The largest absolute Gasteiger partial charge is 3.00 e. The minimum Gasteiger partial charge on any atom is -0.300 e. The smallest absolute Gasteiger partial charge is 0.300 e. The van der Waals surface area contributed by atoms with Crippen molar-refractivity contribution in [1.29, 1.82) is 0 Å². The van der Waals surface area contributed by atoms with Gasteiger partial charge in [0.05, 0.1) is 6.42 Å². The Hall–Kier alpha value is -4.61. The molecule has 0 bridgehead atoms.